The molecule has 0 radical (unpaired) electrons. The molecule has 4 nitrogen and oxygen atoms in total. The molecule has 0 aliphatic heterocycles. The summed E-state index contributed by atoms with van der Waals surface area (Å²) in [7, 11) is 0. The molecule has 0 atom stereocenters. The summed E-state index contributed by atoms with van der Waals surface area (Å²) in [5.41, 5.74) is 1.64. The molecular weight excluding hydrogens is 332 g/mol. The Labute approximate surface area is 131 Å². The Morgan fingerprint density at radius 1 is 1.24 bits per heavy atom. The maximum absolute atomic E-state index is 11.5. The summed E-state index contributed by atoms with van der Waals surface area (Å²) in [4.78, 5) is 13.3. The van der Waals surface area contributed by atoms with Crippen LogP contribution in [0, 0.1) is 11.3 Å². The Hall–Kier alpha value is -2.32. The minimum absolute atomic E-state index is 0.200. The van der Waals surface area contributed by atoms with Gasteiger partial charge in [-0.3, -0.25) is 0 Å². The van der Waals surface area contributed by atoms with E-state index in [0.717, 1.165) is 5.69 Å². The topological polar surface area (TPSA) is 64.3 Å². The van der Waals surface area contributed by atoms with Crippen LogP contribution in [0.4, 0.5) is 11.4 Å². The number of carboxylic acid groups (broad SMARTS) is 1. The Kier molecular flexibility index (Phi) is 4.96. The van der Waals surface area contributed by atoms with Crippen LogP contribution in [-0.2, 0) is 0 Å². The van der Waals surface area contributed by atoms with Crippen LogP contribution < -0.4 is 4.90 Å². The van der Waals surface area contributed by atoms with Crippen molar-refractivity contribution in [2.75, 3.05) is 11.4 Å². The average Bonchev–Trinajstić information content (AvgIpc) is 2.49. The maximum Gasteiger partial charge on any atom is 0.337 e. The Morgan fingerprint density at radius 3 is 2.57 bits per heavy atom. The fourth-order valence-electron chi connectivity index (χ4n) is 2.07. The number of nitriles is 1. The highest BCUT2D eigenvalue weighted by Gasteiger charge is 2.17. The van der Waals surface area contributed by atoms with Gasteiger partial charge in [0.25, 0.3) is 0 Å². The highest BCUT2D eigenvalue weighted by atomic mass is 79.9. The highest BCUT2D eigenvalue weighted by molar-refractivity contribution is 9.10. The van der Waals surface area contributed by atoms with Crippen molar-refractivity contribution < 1.29 is 9.90 Å². The van der Waals surface area contributed by atoms with E-state index >= 15 is 0 Å². The van der Waals surface area contributed by atoms with Crippen molar-refractivity contribution in [1.82, 2.24) is 0 Å². The number of nitrogens with zero attached hydrogens (tertiary/aromatic N) is 2. The number of anilines is 2. The van der Waals surface area contributed by atoms with Crippen LogP contribution >= 0.6 is 15.9 Å². The fourth-order valence-corrected chi connectivity index (χ4v) is 2.43. The first-order valence-electron chi connectivity index (χ1n) is 6.36. The second-order valence-electron chi connectivity index (χ2n) is 4.36. The minimum atomic E-state index is -0.996. The number of hydrogen-bond acceptors (Lipinski definition) is 3. The van der Waals surface area contributed by atoms with Gasteiger partial charge in [0.15, 0.2) is 0 Å². The summed E-state index contributed by atoms with van der Waals surface area (Å²) in [5, 5.41) is 18.2. The lowest BCUT2D eigenvalue weighted by Gasteiger charge is -2.25. The van der Waals surface area contributed by atoms with Gasteiger partial charge in [-0.25, -0.2) is 4.79 Å². The monoisotopic (exact) mass is 344 g/mol. The zero-order valence-electron chi connectivity index (χ0n) is 11.2. The van der Waals surface area contributed by atoms with Crippen molar-refractivity contribution in [1.29, 1.82) is 5.26 Å². The van der Waals surface area contributed by atoms with Gasteiger partial charge >= 0.3 is 5.97 Å². The molecule has 0 bridgehead atoms. The standard InChI is InChI=1S/C16H13BrN2O2/c17-12-7-8-15(14(11-12)16(20)21)19(10-4-9-18)13-5-2-1-3-6-13/h1-3,5-8,11H,4,10H2,(H,20,21). The van der Waals surface area contributed by atoms with Gasteiger partial charge in [0.1, 0.15) is 0 Å². The third-order valence-corrected chi connectivity index (χ3v) is 3.49. The SMILES string of the molecule is N#CCCN(c1ccccc1)c1ccc(Br)cc1C(=O)O. The largest absolute Gasteiger partial charge is 0.478 e. The highest BCUT2D eigenvalue weighted by Crippen LogP contribution is 2.30. The van der Waals surface area contributed by atoms with Crippen molar-refractivity contribution in [2.24, 2.45) is 0 Å². The molecule has 0 fully saturated rings. The zero-order chi connectivity index (χ0) is 15.2. The fraction of sp³-hybridized carbons (Fsp3) is 0.125. The van der Waals surface area contributed by atoms with Crippen LogP contribution in [-0.4, -0.2) is 17.6 Å². The van der Waals surface area contributed by atoms with Crippen LogP contribution in [0.5, 0.6) is 0 Å². The normalized spacial score (nSPS) is 9.90. The number of halogens is 1. The van der Waals surface area contributed by atoms with E-state index in [1.165, 1.54) is 0 Å². The summed E-state index contributed by atoms with van der Waals surface area (Å²) in [6, 6.07) is 16.7. The van der Waals surface area contributed by atoms with E-state index in [2.05, 4.69) is 22.0 Å². The second kappa shape index (κ2) is 6.91. The first-order valence-corrected chi connectivity index (χ1v) is 7.15. The Morgan fingerprint density at radius 2 is 1.95 bits per heavy atom. The molecule has 0 aromatic heterocycles. The van der Waals surface area contributed by atoms with Crippen molar-refractivity contribution in [3.05, 3.63) is 58.6 Å². The first-order chi connectivity index (χ1) is 10.1. The van der Waals surface area contributed by atoms with E-state index in [1.54, 1.807) is 18.2 Å². The van der Waals surface area contributed by atoms with E-state index in [1.807, 2.05) is 35.2 Å². The summed E-state index contributed by atoms with van der Waals surface area (Å²) >= 11 is 3.29. The molecule has 0 spiro atoms. The lowest BCUT2D eigenvalue weighted by molar-refractivity contribution is 0.0697. The van der Waals surface area contributed by atoms with E-state index < -0.39 is 5.97 Å². The molecule has 2 aromatic carbocycles. The molecule has 1 N–H and O–H groups in total. The summed E-state index contributed by atoms with van der Waals surface area (Å²) in [6.07, 6.45) is 0.310. The number of hydrogen-bond donors (Lipinski definition) is 1. The maximum atomic E-state index is 11.5. The third kappa shape index (κ3) is 3.61. The molecule has 0 saturated carbocycles. The third-order valence-electron chi connectivity index (χ3n) is 2.99. The Bertz CT molecular complexity index is 680. The van der Waals surface area contributed by atoms with Gasteiger partial charge < -0.3 is 10.0 Å². The molecule has 0 heterocycles. The molecule has 5 heteroatoms. The van der Waals surface area contributed by atoms with Gasteiger partial charge in [-0.15, -0.1) is 0 Å². The van der Waals surface area contributed by atoms with Crippen LogP contribution in [0.3, 0.4) is 0 Å². The minimum Gasteiger partial charge on any atom is -0.478 e. The zero-order valence-corrected chi connectivity index (χ0v) is 12.7. The number of aromatic carboxylic acids is 1. The molecule has 0 aliphatic carbocycles. The Balaban J connectivity index is 2.52. The molecule has 106 valence electrons. The second-order valence-corrected chi connectivity index (χ2v) is 5.28. The summed E-state index contributed by atoms with van der Waals surface area (Å²) < 4.78 is 0.706. The molecule has 0 amide bonds. The molecule has 0 aliphatic rings. The predicted molar refractivity (Wildman–Crippen MR) is 84.8 cm³/mol. The molecule has 21 heavy (non-hydrogen) atoms. The van der Waals surface area contributed by atoms with Gasteiger partial charge in [-0.05, 0) is 30.3 Å². The summed E-state index contributed by atoms with van der Waals surface area (Å²) in [6.45, 7) is 0.433. The van der Waals surface area contributed by atoms with Gasteiger partial charge in [0.05, 0.1) is 23.7 Å². The van der Waals surface area contributed by atoms with Gasteiger partial charge in [-0.1, -0.05) is 34.1 Å². The van der Waals surface area contributed by atoms with Crippen molar-refractivity contribution in [2.45, 2.75) is 6.42 Å². The van der Waals surface area contributed by atoms with Crippen LogP contribution in [0.1, 0.15) is 16.8 Å². The molecule has 0 saturated heterocycles. The predicted octanol–water partition coefficient (Wildman–Crippen LogP) is 4.20. The number of rotatable bonds is 5. The van der Waals surface area contributed by atoms with Crippen molar-refractivity contribution in [3.63, 3.8) is 0 Å². The summed E-state index contributed by atoms with van der Waals surface area (Å²) in [5.74, 6) is -0.996. The van der Waals surface area contributed by atoms with Crippen LogP contribution in [0.25, 0.3) is 0 Å². The lowest BCUT2D eigenvalue weighted by atomic mass is 10.1. The van der Waals surface area contributed by atoms with E-state index in [4.69, 9.17) is 5.26 Å². The van der Waals surface area contributed by atoms with E-state index in [0.29, 0.717) is 23.1 Å². The number of para-hydroxylation sites is 1. The average molecular weight is 345 g/mol. The number of carbonyl (C=O) groups is 1. The number of carboxylic acids is 1. The van der Waals surface area contributed by atoms with Gasteiger partial charge in [0.2, 0.25) is 0 Å². The van der Waals surface area contributed by atoms with Gasteiger partial charge in [-0.2, -0.15) is 5.26 Å². The molecule has 2 aromatic rings. The van der Waals surface area contributed by atoms with Crippen molar-refractivity contribution in [3.8, 4) is 6.07 Å². The van der Waals surface area contributed by atoms with Crippen molar-refractivity contribution >= 4 is 33.3 Å². The van der Waals surface area contributed by atoms with Crippen LogP contribution in [0.15, 0.2) is 53.0 Å². The van der Waals surface area contributed by atoms with E-state index in [-0.39, 0.29) is 5.56 Å². The smallest absolute Gasteiger partial charge is 0.337 e. The molecule has 2 rings (SSSR count). The number of benzene rings is 2. The molecular formula is C16H13BrN2O2. The van der Waals surface area contributed by atoms with E-state index in [9.17, 15) is 9.90 Å². The lowest BCUT2D eigenvalue weighted by Crippen LogP contribution is -2.20. The first kappa shape index (κ1) is 15.1. The van der Waals surface area contributed by atoms with Crippen LogP contribution in [0.2, 0.25) is 0 Å². The van der Waals surface area contributed by atoms with Gasteiger partial charge in [0, 0.05) is 16.7 Å². The molecule has 0 unspecified atom stereocenters. The quantitative estimate of drug-likeness (QED) is 0.882.